The van der Waals surface area contributed by atoms with Crippen molar-refractivity contribution in [3.8, 4) is 0 Å². The largest absolute Gasteiger partial charge is 0.393 e. The van der Waals surface area contributed by atoms with Crippen LogP contribution in [-0.2, 0) is 14.6 Å². The minimum atomic E-state index is -3.71. The molecule has 3 rings (SSSR count). The summed E-state index contributed by atoms with van der Waals surface area (Å²) in [6.07, 6.45) is 0. The second-order valence-electron chi connectivity index (χ2n) is 6.65. The van der Waals surface area contributed by atoms with Gasteiger partial charge in [-0.15, -0.1) is 0 Å². The first-order valence-corrected chi connectivity index (χ1v) is 10.1. The van der Waals surface area contributed by atoms with Crippen LogP contribution in [0.25, 0.3) is 0 Å². The minimum Gasteiger partial charge on any atom is -0.393 e. The number of benzene rings is 2. The first-order chi connectivity index (χ1) is 12.2. The van der Waals surface area contributed by atoms with Crippen molar-refractivity contribution in [1.82, 2.24) is 0 Å². The zero-order valence-electron chi connectivity index (χ0n) is 14.5. The molecule has 138 valence electrons. The van der Waals surface area contributed by atoms with Gasteiger partial charge in [0.05, 0.1) is 27.2 Å². The van der Waals surface area contributed by atoms with E-state index >= 15 is 0 Å². The van der Waals surface area contributed by atoms with Crippen molar-refractivity contribution >= 4 is 27.0 Å². The summed E-state index contributed by atoms with van der Waals surface area (Å²) in [6, 6.07) is 12.4. The maximum atomic E-state index is 13.3. The van der Waals surface area contributed by atoms with Gasteiger partial charge in [0.2, 0.25) is 0 Å². The number of methoxy groups -OCH3 is 1. The Morgan fingerprint density at radius 1 is 1.19 bits per heavy atom. The van der Waals surface area contributed by atoms with Crippen molar-refractivity contribution in [3.63, 3.8) is 0 Å². The van der Waals surface area contributed by atoms with Crippen molar-refractivity contribution < 1.29 is 17.5 Å². The van der Waals surface area contributed by atoms with Crippen molar-refractivity contribution in [2.75, 3.05) is 13.7 Å². The molecule has 0 spiro atoms. The highest BCUT2D eigenvalue weighted by Gasteiger charge is 2.73. The van der Waals surface area contributed by atoms with Gasteiger partial charge in [0.15, 0.2) is 9.84 Å². The molecule has 2 aromatic carbocycles. The predicted octanol–water partition coefficient (Wildman–Crippen LogP) is 2.99. The van der Waals surface area contributed by atoms with Crippen LogP contribution in [0.5, 0.6) is 0 Å². The summed E-state index contributed by atoms with van der Waals surface area (Å²) in [5, 5.41) is -0.847. The number of rotatable bonds is 6. The van der Waals surface area contributed by atoms with E-state index in [1.165, 1.54) is 19.2 Å². The quantitative estimate of drug-likeness (QED) is 0.764. The van der Waals surface area contributed by atoms with Gasteiger partial charge >= 0.3 is 0 Å². The van der Waals surface area contributed by atoms with E-state index < -0.39 is 26.4 Å². The van der Waals surface area contributed by atoms with Gasteiger partial charge in [0.1, 0.15) is 5.82 Å². The molecule has 1 aliphatic rings. The topological polar surface area (TPSA) is 69.4 Å². The zero-order valence-corrected chi connectivity index (χ0v) is 16.1. The fourth-order valence-electron chi connectivity index (χ4n) is 3.65. The molecule has 0 amide bonds. The highest BCUT2D eigenvalue weighted by atomic mass is 32.2. The van der Waals surface area contributed by atoms with Crippen LogP contribution < -0.4 is 5.73 Å². The molecule has 0 unspecified atom stereocenters. The van der Waals surface area contributed by atoms with Gasteiger partial charge in [0.25, 0.3) is 0 Å². The normalized spacial score (nSPS) is 25.0. The fraction of sp³-hybridized carbons (Fsp3) is 0.316. The Morgan fingerprint density at radius 2 is 1.77 bits per heavy atom. The smallest absolute Gasteiger partial charge is 0.182 e. The summed E-state index contributed by atoms with van der Waals surface area (Å²) in [5.41, 5.74) is 6.61. The molecule has 7 heteroatoms. The van der Waals surface area contributed by atoms with E-state index in [1.807, 2.05) is 6.92 Å². The molecule has 0 saturated heterocycles. The van der Waals surface area contributed by atoms with Gasteiger partial charge < -0.3 is 10.5 Å². The second kappa shape index (κ2) is 6.72. The summed E-state index contributed by atoms with van der Waals surface area (Å²) >= 11 is 5.24. The molecule has 3 atom stereocenters. The lowest BCUT2D eigenvalue weighted by atomic mass is 10.00. The number of aryl methyl sites for hydroxylation is 1. The van der Waals surface area contributed by atoms with Gasteiger partial charge in [0, 0.05) is 13.0 Å². The maximum absolute atomic E-state index is 13.3. The average Bonchev–Trinajstić information content (AvgIpc) is 3.27. The molecule has 26 heavy (non-hydrogen) atoms. The third kappa shape index (κ3) is 2.94. The van der Waals surface area contributed by atoms with Crippen molar-refractivity contribution in [2.24, 2.45) is 11.1 Å². The number of hydrogen-bond donors (Lipinski definition) is 1. The van der Waals surface area contributed by atoms with E-state index in [9.17, 15) is 12.8 Å². The first kappa shape index (κ1) is 18.9. The Balaban J connectivity index is 2.11. The van der Waals surface area contributed by atoms with Crippen LogP contribution in [-0.4, -0.2) is 32.4 Å². The number of nitrogens with two attached hydrogens (primary N) is 1. The van der Waals surface area contributed by atoms with E-state index in [1.54, 1.807) is 36.4 Å². The Labute approximate surface area is 158 Å². The lowest BCUT2D eigenvalue weighted by Crippen LogP contribution is -2.33. The van der Waals surface area contributed by atoms with Gasteiger partial charge in [-0.3, -0.25) is 0 Å². The van der Waals surface area contributed by atoms with Gasteiger partial charge in [-0.05, 0) is 36.8 Å². The Kier molecular flexibility index (Phi) is 4.90. The summed E-state index contributed by atoms with van der Waals surface area (Å²) < 4.78 is 45.2. The minimum absolute atomic E-state index is 0.0835. The third-order valence-electron chi connectivity index (χ3n) is 5.01. The summed E-state index contributed by atoms with van der Waals surface area (Å²) in [7, 11) is -2.22. The molecule has 4 nitrogen and oxygen atoms in total. The van der Waals surface area contributed by atoms with Crippen LogP contribution in [0, 0.1) is 18.2 Å². The van der Waals surface area contributed by atoms with Crippen LogP contribution in [0.3, 0.4) is 0 Å². The summed E-state index contributed by atoms with van der Waals surface area (Å²) in [5.74, 6) is -0.869. The fourth-order valence-corrected chi connectivity index (χ4v) is 6.42. The number of halogens is 1. The number of thiocarbonyl (C=S) groups is 1. The van der Waals surface area contributed by atoms with Crippen molar-refractivity contribution in [2.45, 2.75) is 23.0 Å². The molecular formula is C19H20FNO3S2. The molecule has 1 aliphatic carbocycles. The van der Waals surface area contributed by atoms with Crippen LogP contribution in [0.1, 0.15) is 17.0 Å². The van der Waals surface area contributed by atoms with E-state index in [4.69, 9.17) is 22.7 Å². The molecule has 0 bridgehead atoms. The summed E-state index contributed by atoms with van der Waals surface area (Å²) in [4.78, 5) is 0.309. The Bertz CT molecular complexity index is 926. The molecular weight excluding hydrogens is 373 g/mol. The van der Waals surface area contributed by atoms with Crippen molar-refractivity contribution in [1.29, 1.82) is 0 Å². The molecule has 1 fully saturated rings. The van der Waals surface area contributed by atoms with E-state index in [0.717, 1.165) is 5.56 Å². The van der Waals surface area contributed by atoms with E-state index in [2.05, 4.69) is 0 Å². The zero-order chi connectivity index (χ0) is 19.1. The molecule has 2 aromatic rings. The molecule has 0 aliphatic heterocycles. The average molecular weight is 394 g/mol. The Morgan fingerprint density at radius 3 is 2.27 bits per heavy atom. The van der Waals surface area contributed by atoms with Gasteiger partial charge in [-0.2, -0.15) is 0 Å². The molecule has 2 N–H and O–H groups in total. The van der Waals surface area contributed by atoms with E-state index in [-0.39, 0.29) is 22.3 Å². The molecule has 0 aromatic heterocycles. The standard InChI is InChI=1S/C19H20FNO3S2/c1-12-3-9-15(10-4-12)26(22,23)17-16(13-5-7-14(20)8-6-13)19(17,11-24-2)18(21)25/h3-10,16-17H,11H2,1-2H3,(H2,21,25)/t16-,17-,19-/m0/s1. The summed E-state index contributed by atoms with van der Waals surface area (Å²) in [6.45, 7) is 1.97. The molecule has 0 heterocycles. The SMILES string of the molecule is COC[C@]1(C(N)=S)[C@@H](c2ccc(F)cc2)[C@@H]1S(=O)(=O)c1ccc(C)cc1. The lowest BCUT2D eigenvalue weighted by molar-refractivity contribution is 0.166. The Hall–Kier alpha value is -1.83. The second-order valence-corrected chi connectivity index (χ2v) is 9.15. The highest BCUT2D eigenvalue weighted by molar-refractivity contribution is 7.92. The number of ether oxygens (including phenoxy) is 1. The third-order valence-corrected chi connectivity index (χ3v) is 7.68. The van der Waals surface area contributed by atoms with Crippen LogP contribution in [0.2, 0.25) is 0 Å². The van der Waals surface area contributed by atoms with Crippen molar-refractivity contribution in [3.05, 3.63) is 65.5 Å². The number of sulfone groups is 1. The first-order valence-electron chi connectivity index (χ1n) is 8.10. The van der Waals surface area contributed by atoms with Crippen LogP contribution >= 0.6 is 12.2 Å². The molecule has 1 saturated carbocycles. The number of hydrogen-bond acceptors (Lipinski definition) is 4. The van der Waals surface area contributed by atoms with Gasteiger partial charge in [-0.25, -0.2) is 12.8 Å². The van der Waals surface area contributed by atoms with Crippen LogP contribution in [0.15, 0.2) is 53.4 Å². The van der Waals surface area contributed by atoms with Gasteiger partial charge in [-0.1, -0.05) is 42.0 Å². The maximum Gasteiger partial charge on any atom is 0.182 e. The van der Waals surface area contributed by atoms with Crippen LogP contribution in [0.4, 0.5) is 4.39 Å². The predicted molar refractivity (Wildman–Crippen MR) is 102 cm³/mol. The highest BCUT2D eigenvalue weighted by Crippen LogP contribution is 2.64. The monoisotopic (exact) mass is 393 g/mol. The lowest BCUT2D eigenvalue weighted by Gasteiger charge is -2.16. The van der Waals surface area contributed by atoms with E-state index in [0.29, 0.717) is 5.56 Å². The molecule has 0 radical (unpaired) electrons.